The highest BCUT2D eigenvalue weighted by Crippen LogP contribution is 2.04. The summed E-state index contributed by atoms with van der Waals surface area (Å²) in [7, 11) is 1.83. The molecule has 6 heteroatoms. The third-order valence-corrected chi connectivity index (χ3v) is 2.86. The van der Waals surface area contributed by atoms with Gasteiger partial charge in [0.1, 0.15) is 24.1 Å². The number of aliphatic imine (C=N–C) groups is 1. The standard InChI is InChI=1S/C13H18FN5/c1-16-12-8-13(19(15)9-18-12)17-7-6-10-2-4-11(14)5-3-10/h2-5,8,16,18H,6-7,9,15H2,1H3. The molecule has 19 heavy (non-hydrogen) atoms. The lowest BCUT2D eigenvalue weighted by Crippen LogP contribution is -2.48. The molecule has 1 aliphatic rings. The van der Waals surface area contributed by atoms with Gasteiger partial charge in [0, 0.05) is 19.7 Å². The molecule has 1 aliphatic heterocycles. The maximum atomic E-state index is 12.8. The normalized spacial score (nSPS) is 17.1. The highest BCUT2D eigenvalue weighted by molar-refractivity contribution is 5.93. The Bertz CT molecular complexity index is 480. The fourth-order valence-electron chi connectivity index (χ4n) is 1.76. The van der Waals surface area contributed by atoms with Crippen LogP contribution in [0.1, 0.15) is 5.56 Å². The van der Waals surface area contributed by atoms with E-state index in [1.165, 1.54) is 12.1 Å². The van der Waals surface area contributed by atoms with Crippen LogP contribution in [0.4, 0.5) is 4.39 Å². The van der Waals surface area contributed by atoms with Gasteiger partial charge in [0.15, 0.2) is 0 Å². The van der Waals surface area contributed by atoms with Crippen molar-refractivity contribution in [2.45, 2.75) is 6.42 Å². The molecule has 1 heterocycles. The molecule has 1 aromatic carbocycles. The molecule has 0 atom stereocenters. The van der Waals surface area contributed by atoms with Crippen LogP contribution in [-0.4, -0.2) is 31.1 Å². The van der Waals surface area contributed by atoms with E-state index >= 15 is 0 Å². The van der Waals surface area contributed by atoms with Gasteiger partial charge in [-0.25, -0.2) is 10.2 Å². The highest BCUT2D eigenvalue weighted by atomic mass is 19.1. The first kappa shape index (κ1) is 13.4. The summed E-state index contributed by atoms with van der Waals surface area (Å²) >= 11 is 0. The SMILES string of the molecule is CNC1=CC(=NCCc2ccc(F)cc2)N(N)CN1. The number of hydrazine groups is 1. The first-order chi connectivity index (χ1) is 9.19. The van der Waals surface area contributed by atoms with E-state index in [1.807, 2.05) is 13.1 Å². The molecule has 0 amide bonds. The zero-order valence-electron chi connectivity index (χ0n) is 10.9. The van der Waals surface area contributed by atoms with E-state index in [9.17, 15) is 4.39 Å². The average Bonchev–Trinajstić information content (AvgIpc) is 2.43. The number of benzene rings is 1. The molecular formula is C13H18FN5. The fraction of sp³-hybridized carbons (Fsp3) is 0.308. The Morgan fingerprint density at radius 2 is 2.16 bits per heavy atom. The molecule has 4 N–H and O–H groups in total. The molecule has 0 aliphatic carbocycles. The summed E-state index contributed by atoms with van der Waals surface area (Å²) < 4.78 is 12.8. The highest BCUT2D eigenvalue weighted by Gasteiger charge is 2.11. The first-order valence-corrected chi connectivity index (χ1v) is 6.13. The number of hydrogen-bond acceptors (Lipinski definition) is 4. The van der Waals surface area contributed by atoms with Crippen LogP contribution in [0.5, 0.6) is 0 Å². The minimum absolute atomic E-state index is 0.219. The van der Waals surface area contributed by atoms with Crippen LogP contribution >= 0.6 is 0 Å². The molecule has 0 saturated heterocycles. The van der Waals surface area contributed by atoms with Crippen molar-refractivity contribution >= 4 is 5.84 Å². The van der Waals surface area contributed by atoms with Crippen LogP contribution in [0.3, 0.4) is 0 Å². The number of nitrogens with zero attached hydrogens (tertiary/aromatic N) is 2. The van der Waals surface area contributed by atoms with Crippen LogP contribution in [0.25, 0.3) is 0 Å². The van der Waals surface area contributed by atoms with Gasteiger partial charge in [-0.2, -0.15) is 0 Å². The zero-order chi connectivity index (χ0) is 13.7. The Kier molecular flexibility index (Phi) is 4.35. The summed E-state index contributed by atoms with van der Waals surface area (Å²) in [5, 5.41) is 7.65. The van der Waals surface area contributed by atoms with E-state index in [-0.39, 0.29) is 5.82 Å². The van der Waals surface area contributed by atoms with Crippen molar-refractivity contribution in [3.05, 3.63) is 47.5 Å². The molecule has 0 radical (unpaired) electrons. The number of amidine groups is 1. The molecule has 0 spiro atoms. The molecule has 2 rings (SSSR count). The predicted octanol–water partition coefficient (Wildman–Crippen LogP) is 0.564. The van der Waals surface area contributed by atoms with Crippen molar-refractivity contribution in [1.29, 1.82) is 0 Å². The fourth-order valence-corrected chi connectivity index (χ4v) is 1.76. The maximum Gasteiger partial charge on any atom is 0.143 e. The Balaban J connectivity index is 1.96. The molecular weight excluding hydrogens is 245 g/mol. The summed E-state index contributed by atoms with van der Waals surface area (Å²) in [6.07, 6.45) is 2.61. The van der Waals surface area contributed by atoms with Gasteiger partial charge in [-0.15, -0.1) is 0 Å². The van der Waals surface area contributed by atoms with Crippen molar-refractivity contribution in [3.63, 3.8) is 0 Å². The molecule has 102 valence electrons. The summed E-state index contributed by atoms with van der Waals surface area (Å²) in [5.74, 6) is 7.21. The topological polar surface area (TPSA) is 65.7 Å². The van der Waals surface area contributed by atoms with Crippen LogP contribution < -0.4 is 16.5 Å². The van der Waals surface area contributed by atoms with Gasteiger partial charge in [0.05, 0.1) is 0 Å². The first-order valence-electron chi connectivity index (χ1n) is 6.13. The Hall–Kier alpha value is -2.08. The second kappa shape index (κ2) is 6.19. The van der Waals surface area contributed by atoms with Crippen molar-refractivity contribution in [3.8, 4) is 0 Å². The molecule has 0 saturated carbocycles. The third-order valence-electron chi connectivity index (χ3n) is 2.86. The van der Waals surface area contributed by atoms with E-state index in [0.29, 0.717) is 13.2 Å². The molecule has 0 aromatic heterocycles. The van der Waals surface area contributed by atoms with Gasteiger partial charge >= 0.3 is 0 Å². The van der Waals surface area contributed by atoms with Crippen molar-refractivity contribution < 1.29 is 4.39 Å². The van der Waals surface area contributed by atoms with E-state index in [2.05, 4.69) is 15.6 Å². The second-order valence-corrected chi connectivity index (χ2v) is 4.23. The van der Waals surface area contributed by atoms with Crippen molar-refractivity contribution in [1.82, 2.24) is 15.6 Å². The third kappa shape index (κ3) is 3.69. The molecule has 5 nitrogen and oxygen atoms in total. The number of rotatable bonds is 4. The zero-order valence-corrected chi connectivity index (χ0v) is 10.9. The summed E-state index contributed by atoms with van der Waals surface area (Å²) in [4.78, 5) is 4.45. The summed E-state index contributed by atoms with van der Waals surface area (Å²) in [6.45, 7) is 1.13. The van der Waals surface area contributed by atoms with E-state index < -0.39 is 0 Å². The van der Waals surface area contributed by atoms with Crippen LogP contribution in [0.2, 0.25) is 0 Å². The quantitative estimate of drug-likeness (QED) is 0.695. The number of nitrogens with two attached hydrogens (primary N) is 1. The lowest BCUT2D eigenvalue weighted by atomic mass is 10.1. The molecule has 0 bridgehead atoms. The van der Waals surface area contributed by atoms with Gasteiger partial charge in [-0.05, 0) is 24.1 Å². The maximum absolute atomic E-state index is 12.8. The van der Waals surface area contributed by atoms with Crippen LogP contribution in [0, 0.1) is 5.82 Å². The van der Waals surface area contributed by atoms with Gasteiger partial charge in [0.25, 0.3) is 0 Å². The summed E-state index contributed by atoms with van der Waals surface area (Å²) in [5.41, 5.74) is 1.06. The number of halogens is 1. The van der Waals surface area contributed by atoms with Gasteiger partial charge in [-0.1, -0.05) is 12.1 Å². The Morgan fingerprint density at radius 3 is 2.84 bits per heavy atom. The van der Waals surface area contributed by atoms with Crippen LogP contribution in [-0.2, 0) is 6.42 Å². The van der Waals surface area contributed by atoms with Gasteiger partial charge in [-0.3, -0.25) is 10.0 Å². The minimum Gasteiger partial charge on any atom is -0.375 e. The number of hydrogen-bond donors (Lipinski definition) is 3. The predicted molar refractivity (Wildman–Crippen MR) is 73.6 cm³/mol. The minimum atomic E-state index is -0.219. The molecule has 1 aromatic rings. The monoisotopic (exact) mass is 263 g/mol. The van der Waals surface area contributed by atoms with Crippen LogP contribution in [0.15, 0.2) is 41.2 Å². The lowest BCUT2D eigenvalue weighted by molar-refractivity contribution is 0.398. The smallest absolute Gasteiger partial charge is 0.143 e. The van der Waals surface area contributed by atoms with E-state index in [0.717, 1.165) is 23.6 Å². The molecule has 0 unspecified atom stereocenters. The number of nitrogens with one attached hydrogen (secondary N) is 2. The Morgan fingerprint density at radius 1 is 1.42 bits per heavy atom. The average molecular weight is 263 g/mol. The molecule has 0 fully saturated rings. The van der Waals surface area contributed by atoms with E-state index in [1.54, 1.807) is 17.1 Å². The van der Waals surface area contributed by atoms with Crippen molar-refractivity contribution in [2.24, 2.45) is 10.8 Å². The van der Waals surface area contributed by atoms with E-state index in [4.69, 9.17) is 5.84 Å². The summed E-state index contributed by atoms with van der Waals surface area (Å²) in [6, 6.07) is 6.46. The lowest BCUT2D eigenvalue weighted by Gasteiger charge is -2.26. The van der Waals surface area contributed by atoms with Gasteiger partial charge in [0.2, 0.25) is 0 Å². The van der Waals surface area contributed by atoms with Gasteiger partial charge < -0.3 is 10.6 Å². The second-order valence-electron chi connectivity index (χ2n) is 4.23. The van der Waals surface area contributed by atoms with Crippen molar-refractivity contribution in [2.75, 3.05) is 20.3 Å². The Labute approximate surface area is 112 Å². The largest absolute Gasteiger partial charge is 0.375 e.